The number of ether oxygens (including phenoxy) is 1. The van der Waals surface area contributed by atoms with E-state index < -0.39 is 0 Å². The standard InChI is InChI=1S/C21H25NO2/c1-3-17(15-18-9-12-20(24-2)13-10-18)11-14-21(23)22-16-19-7-5-4-6-8-19/h3-10,12-13,17H,1,11,14-16H2,2H3,(H,22,23). The van der Waals surface area contributed by atoms with Gasteiger partial charge >= 0.3 is 0 Å². The Morgan fingerprint density at radius 1 is 1.12 bits per heavy atom. The van der Waals surface area contributed by atoms with Crippen molar-refractivity contribution in [3.05, 3.63) is 78.4 Å². The molecule has 126 valence electrons. The van der Waals surface area contributed by atoms with Crippen LogP contribution in [0.15, 0.2) is 67.3 Å². The molecule has 2 rings (SSSR count). The third kappa shape index (κ3) is 5.92. The number of carbonyl (C=O) groups is 1. The highest BCUT2D eigenvalue weighted by atomic mass is 16.5. The van der Waals surface area contributed by atoms with E-state index in [9.17, 15) is 4.79 Å². The summed E-state index contributed by atoms with van der Waals surface area (Å²) >= 11 is 0. The van der Waals surface area contributed by atoms with Gasteiger partial charge in [-0.15, -0.1) is 6.58 Å². The summed E-state index contributed by atoms with van der Waals surface area (Å²) in [7, 11) is 1.66. The molecule has 3 heteroatoms. The molecule has 1 N–H and O–H groups in total. The van der Waals surface area contributed by atoms with Crippen LogP contribution in [0.5, 0.6) is 5.75 Å². The number of allylic oxidation sites excluding steroid dienone is 1. The molecule has 0 fully saturated rings. The maximum Gasteiger partial charge on any atom is 0.220 e. The first-order valence-electron chi connectivity index (χ1n) is 8.27. The molecule has 2 aromatic rings. The van der Waals surface area contributed by atoms with Crippen LogP contribution in [0.1, 0.15) is 24.0 Å². The quantitative estimate of drug-likeness (QED) is 0.704. The predicted octanol–water partition coefficient (Wildman–Crippen LogP) is 4.14. The average Bonchev–Trinajstić information content (AvgIpc) is 2.64. The van der Waals surface area contributed by atoms with Crippen molar-refractivity contribution in [2.45, 2.75) is 25.8 Å². The zero-order valence-electron chi connectivity index (χ0n) is 14.2. The Morgan fingerprint density at radius 2 is 1.83 bits per heavy atom. The second kappa shape index (κ2) is 9.56. The summed E-state index contributed by atoms with van der Waals surface area (Å²) in [6.45, 7) is 4.49. The van der Waals surface area contributed by atoms with Gasteiger partial charge in [-0.25, -0.2) is 0 Å². The molecule has 0 heterocycles. The van der Waals surface area contributed by atoms with Crippen molar-refractivity contribution >= 4 is 5.91 Å². The Morgan fingerprint density at radius 3 is 2.46 bits per heavy atom. The number of hydrogen-bond acceptors (Lipinski definition) is 2. The lowest BCUT2D eigenvalue weighted by molar-refractivity contribution is -0.121. The van der Waals surface area contributed by atoms with E-state index in [0.717, 1.165) is 24.2 Å². The molecule has 0 aromatic heterocycles. The molecule has 0 aliphatic heterocycles. The summed E-state index contributed by atoms with van der Waals surface area (Å²) in [6, 6.07) is 18.0. The summed E-state index contributed by atoms with van der Waals surface area (Å²) in [5, 5.41) is 2.97. The first-order valence-corrected chi connectivity index (χ1v) is 8.27. The summed E-state index contributed by atoms with van der Waals surface area (Å²) in [5.74, 6) is 1.23. The molecule has 24 heavy (non-hydrogen) atoms. The van der Waals surface area contributed by atoms with Gasteiger partial charge in [0.1, 0.15) is 5.75 Å². The summed E-state index contributed by atoms with van der Waals surface area (Å²) in [6.07, 6.45) is 4.14. The largest absolute Gasteiger partial charge is 0.497 e. The highest BCUT2D eigenvalue weighted by Crippen LogP contribution is 2.18. The number of hydrogen-bond donors (Lipinski definition) is 1. The molecule has 0 bridgehead atoms. The molecule has 1 atom stereocenters. The minimum absolute atomic E-state index is 0.0837. The maximum absolute atomic E-state index is 12.0. The fourth-order valence-corrected chi connectivity index (χ4v) is 2.57. The summed E-state index contributed by atoms with van der Waals surface area (Å²) in [5.41, 5.74) is 2.34. The maximum atomic E-state index is 12.0. The highest BCUT2D eigenvalue weighted by molar-refractivity contribution is 5.75. The van der Waals surface area contributed by atoms with Crippen molar-refractivity contribution in [1.82, 2.24) is 5.32 Å². The fourth-order valence-electron chi connectivity index (χ4n) is 2.57. The number of amides is 1. The van der Waals surface area contributed by atoms with Crippen LogP contribution in [0.4, 0.5) is 0 Å². The van der Waals surface area contributed by atoms with Crippen molar-refractivity contribution in [3.63, 3.8) is 0 Å². The molecule has 0 radical (unpaired) electrons. The second-order valence-corrected chi connectivity index (χ2v) is 5.85. The van der Waals surface area contributed by atoms with Crippen LogP contribution in [-0.4, -0.2) is 13.0 Å². The first kappa shape index (κ1) is 17.8. The molecule has 0 aliphatic rings. The summed E-state index contributed by atoms with van der Waals surface area (Å²) in [4.78, 5) is 12.0. The Bertz CT molecular complexity index is 635. The SMILES string of the molecule is C=CC(CCC(=O)NCc1ccccc1)Cc1ccc(OC)cc1. The average molecular weight is 323 g/mol. The van der Waals surface area contributed by atoms with E-state index in [2.05, 4.69) is 24.0 Å². The Labute approximate surface area is 144 Å². The number of nitrogens with one attached hydrogen (secondary N) is 1. The van der Waals surface area contributed by atoms with E-state index in [0.29, 0.717) is 18.9 Å². The van der Waals surface area contributed by atoms with Crippen molar-refractivity contribution < 1.29 is 9.53 Å². The molecule has 2 aromatic carbocycles. The van der Waals surface area contributed by atoms with Gasteiger partial charge < -0.3 is 10.1 Å². The van der Waals surface area contributed by atoms with E-state index in [-0.39, 0.29) is 5.91 Å². The van der Waals surface area contributed by atoms with Crippen LogP contribution in [0, 0.1) is 5.92 Å². The van der Waals surface area contributed by atoms with Crippen LogP contribution in [0.3, 0.4) is 0 Å². The molecule has 3 nitrogen and oxygen atoms in total. The number of rotatable bonds is 9. The zero-order valence-corrected chi connectivity index (χ0v) is 14.2. The molecule has 1 unspecified atom stereocenters. The molecule has 0 aliphatic carbocycles. The van der Waals surface area contributed by atoms with Crippen LogP contribution >= 0.6 is 0 Å². The molecule has 1 amide bonds. The first-order chi connectivity index (χ1) is 11.7. The van der Waals surface area contributed by atoms with Gasteiger partial charge in [-0.2, -0.15) is 0 Å². The molecular weight excluding hydrogens is 298 g/mol. The van der Waals surface area contributed by atoms with Crippen molar-refractivity contribution in [2.24, 2.45) is 5.92 Å². The predicted molar refractivity (Wildman–Crippen MR) is 97.9 cm³/mol. The van der Waals surface area contributed by atoms with Gasteiger partial charge in [-0.05, 0) is 42.0 Å². The highest BCUT2D eigenvalue weighted by Gasteiger charge is 2.09. The minimum atomic E-state index is 0.0837. The van der Waals surface area contributed by atoms with Gasteiger partial charge in [-0.1, -0.05) is 48.5 Å². The van der Waals surface area contributed by atoms with Crippen molar-refractivity contribution in [1.29, 1.82) is 0 Å². The number of benzene rings is 2. The van der Waals surface area contributed by atoms with Gasteiger partial charge in [0.05, 0.1) is 7.11 Å². The Kier molecular flexibility index (Phi) is 7.09. The van der Waals surface area contributed by atoms with Crippen molar-refractivity contribution in [3.8, 4) is 5.75 Å². The van der Waals surface area contributed by atoms with Gasteiger partial charge in [0.25, 0.3) is 0 Å². The zero-order chi connectivity index (χ0) is 17.2. The van der Waals surface area contributed by atoms with E-state index in [4.69, 9.17) is 4.74 Å². The van der Waals surface area contributed by atoms with Gasteiger partial charge in [0, 0.05) is 13.0 Å². The second-order valence-electron chi connectivity index (χ2n) is 5.85. The minimum Gasteiger partial charge on any atom is -0.497 e. The normalized spacial score (nSPS) is 11.5. The molecular formula is C21H25NO2. The third-order valence-corrected chi connectivity index (χ3v) is 4.06. The third-order valence-electron chi connectivity index (χ3n) is 4.06. The van der Waals surface area contributed by atoms with E-state index >= 15 is 0 Å². The molecule has 0 spiro atoms. The summed E-state index contributed by atoms with van der Waals surface area (Å²) < 4.78 is 5.17. The van der Waals surface area contributed by atoms with Gasteiger partial charge in [0.2, 0.25) is 5.91 Å². The topological polar surface area (TPSA) is 38.3 Å². The molecule has 0 saturated heterocycles. The molecule has 0 saturated carbocycles. The van der Waals surface area contributed by atoms with Gasteiger partial charge in [0.15, 0.2) is 0 Å². The van der Waals surface area contributed by atoms with E-state index in [1.54, 1.807) is 7.11 Å². The van der Waals surface area contributed by atoms with Crippen molar-refractivity contribution in [2.75, 3.05) is 7.11 Å². The monoisotopic (exact) mass is 323 g/mol. The Balaban J connectivity index is 1.75. The van der Waals surface area contributed by atoms with Crippen LogP contribution in [0.25, 0.3) is 0 Å². The lowest BCUT2D eigenvalue weighted by Crippen LogP contribution is -2.23. The number of carbonyl (C=O) groups excluding carboxylic acids is 1. The smallest absolute Gasteiger partial charge is 0.220 e. The van der Waals surface area contributed by atoms with Crippen LogP contribution < -0.4 is 10.1 Å². The lowest BCUT2D eigenvalue weighted by atomic mass is 9.94. The van der Waals surface area contributed by atoms with Gasteiger partial charge in [-0.3, -0.25) is 4.79 Å². The van der Waals surface area contributed by atoms with E-state index in [1.165, 1.54) is 5.56 Å². The fraction of sp³-hybridized carbons (Fsp3) is 0.286. The van der Waals surface area contributed by atoms with Crippen LogP contribution in [-0.2, 0) is 17.8 Å². The number of methoxy groups -OCH3 is 1. The lowest BCUT2D eigenvalue weighted by Gasteiger charge is -2.13. The van der Waals surface area contributed by atoms with Crippen LogP contribution in [0.2, 0.25) is 0 Å². The van der Waals surface area contributed by atoms with E-state index in [1.807, 2.05) is 48.5 Å². The Hall–Kier alpha value is -2.55.